The number of hydrogen-bond donors (Lipinski definition) is 1. The summed E-state index contributed by atoms with van der Waals surface area (Å²) in [5, 5.41) is 0.600. The Morgan fingerprint density at radius 3 is 2.52 bits per heavy atom. The molecule has 0 aliphatic heterocycles. The van der Waals surface area contributed by atoms with Crippen molar-refractivity contribution in [2.75, 3.05) is 13.2 Å². The zero-order valence-corrected chi connectivity index (χ0v) is 18.7. The van der Waals surface area contributed by atoms with Crippen LogP contribution in [0.15, 0.2) is 59.5 Å². The van der Waals surface area contributed by atoms with Crippen LogP contribution in [-0.4, -0.2) is 26.5 Å². The summed E-state index contributed by atoms with van der Waals surface area (Å²) in [6, 6.07) is 14.0. The highest BCUT2D eigenvalue weighted by Gasteiger charge is 2.16. The number of nitrogens with one attached hydrogen (secondary N) is 1. The standard InChI is InChI=1S/C22H23ClN2O5S/c1-3-29-21-13-22(26)25(2)14-19(21)18-12-15(10-11-24-31(27)28)4-9-20(18)30-17-7-5-16(23)6-8-17/h4-9,12-14,24H,3,10-11H2,1-2H3,(H,27,28)/p-1. The molecule has 0 aliphatic rings. The number of aryl methyl sites for hydroxylation is 1. The topological polar surface area (TPSA) is 92.6 Å². The van der Waals surface area contributed by atoms with Crippen LogP contribution in [0.4, 0.5) is 0 Å². The quantitative estimate of drug-likeness (QED) is 0.489. The summed E-state index contributed by atoms with van der Waals surface area (Å²) in [7, 11) is 1.67. The molecule has 9 heteroatoms. The predicted molar refractivity (Wildman–Crippen MR) is 120 cm³/mol. The first-order chi connectivity index (χ1) is 14.9. The van der Waals surface area contributed by atoms with E-state index in [-0.39, 0.29) is 12.1 Å². The molecule has 1 N–H and O–H groups in total. The molecular weight excluding hydrogens is 440 g/mol. The first-order valence-electron chi connectivity index (χ1n) is 9.60. The van der Waals surface area contributed by atoms with Crippen LogP contribution in [0.2, 0.25) is 5.02 Å². The van der Waals surface area contributed by atoms with Gasteiger partial charge >= 0.3 is 0 Å². The predicted octanol–water partition coefficient (Wildman–Crippen LogP) is 3.82. The molecular formula is C22H22ClN2O5S-. The van der Waals surface area contributed by atoms with Gasteiger partial charge in [-0.25, -0.2) is 4.72 Å². The van der Waals surface area contributed by atoms with Crippen molar-refractivity contribution in [2.45, 2.75) is 13.3 Å². The summed E-state index contributed by atoms with van der Waals surface area (Å²) in [6.07, 6.45) is 2.18. The van der Waals surface area contributed by atoms with E-state index in [1.807, 2.05) is 25.1 Å². The van der Waals surface area contributed by atoms with Gasteiger partial charge in [-0.3, -0.25) is 9.00 Å². The zero-order chi connectivity index (χ0) is 22.4. The van der Waals surface area contributed by atoms with Crippen molar-refractivity contribution >= 4 is 22.9 Å². The molecule has 0 saturated carbocycles. The maximum absolute atomic E-state index is 12.2. The van der Waals surface area contributed by atoms with E-state index in [0.717, 1.165) is 11.1 Å². The molecule has 0 spiro atoms. The summed E-state index contributed by atoms with van der Waals surface area (Å²) >= 11 is 3.65. The monoisotopic (exact) mass is 461 g/mol. The van der Waals surface area contributed by atoms with E-state index >= 15 is 0 Å². The number of rotatable bonds is 9. The lowest BCUT2D eigenvalue weighted by Crippen LogP contribution is -2.19. The molecule has 0 amide bonds. The molecule has 3 rings (SSSR count). The van der Waals surface area contributed by atoms with Crippen LogP contribution in [0, 0.1) is 0 Å². The summed E-state index contributed by atoms with van der Waals surface area (Å²) in [5.74, 6) is 1.61. The van der Waals surface area contributed by atoms with Crippen LogP contribution in [0.3, 0.4) is 0 Å². The molecule has 1 aromatic heterocycles. The fourth-order valence-electron chi connectivity index (χ4n) is 3.03. The largest absolute Gasteiger partial charge is 0.760 e. The Morgan fingerprint density at radius 2 is 1.84 bits per heavy atom. The Balaban J connectivity index is 2.07. The van der Waals surface area contributed by atoms with Crippen molar-refractivity contribution in [3.05, 3.63) is 75.7 Å². The Bertz CT molecular complexity index is 1130. The summed E-state index contributed by atoms with van der Waals surface area (Å²) in [5.41, 5.74) is 2.11. The second-order valence-electron chi connectivity index (χ2n) is 6.70. The van der Waals surface area contributed by atoms with E-state index in [4.69, 9.17) is 21.1 Å². The van der Waals surface area contributed by atoms with Gasteiger partial charge in [-0.15, -0.1) is 0 Å². The van der Waals surface area contributed by atoms with Gasteiger partial charge in [0.15, 0.2) is 0 Å². The third-order valence-electron chi connectivity index (χ3n) is 4.50. The van der Waals surface area contributed by atoms with E-state index in [9.17, 15) is 13.6 Å². The lowest BCUT2D eigenvalue weighted by molar-refractivity contribution is 0.340. The first-order valence-corrected chi connectivity index (χ1v) is 11.1. The fourth-order valence-corrected chi connectivity index (χ4v) is 3.42. The minimum absolute atomic E-state index is 0.189. The van der Waals surface area contributed by atoms with Gasteiger partial charge in [-0.2, -0.15) is 0 Å². The van der Waals surface area contributed by atoms with Crippen LogP contribution in [0.1, 0.15) is 12.5 Å². The van der Waals surface area contributed by atoms with Crippen LogP contribution in [0.5, 0.6) is 17.2 Å². The van der Waals surface area contributed by atoms with Crippen molar-refractivity contribution in [3.63, 3.8) is 0 Å². The highest BCUT2D eigenvalue weighted by atomic mass is 35.5. The van der Waals surface area contributed by atoms with Crippen LogP contribution in [0.25, 0.3) is 11.1 Å². The van der Waals surface area contributed by atoms with Gasteiger partial charge in [-0.1, -0.05) is 17.7 Å². The molecule has 164 valence electrons. The molecule has 0 radical (unpaired) electrons. The molecule has 3 aromatic rings. The van der Waals surface area contributed by atoms with Gasteiger partial charge in [0.1, 0.15) is 17.2 Å². The molecule has 0 saturated heterocycles. The smallest absolute Gasteiger partial charge is 0.254 e. The Hall–Kier alpha value is -2.65. The van der Waals surface area contributed by atoms with Crippen molar-refractivity contribution in [2.24, 2.45) is 7.05 Å². The number of hydrogen-bond acceptors (Lipinski definition) is 5. The molecule has 0 fully saturated rings. The van der Waals surface area contributed by atoms with Crippen molar-refractivity contribution < 1.29 is 18.2 Å². The van der Waals surface area contributed by atoms with E-state index in [2.05, 4.69) is 4.72 Å². The normalized spacial score (nSPS) is 11.9. The van der Waals surface area contributed by atoms with Crippen LogP contribution >= 0.6 is 11.6 Å². The zero-order valence-electron chi connectivity index (χ0n) is 17.1. The third-order valence-corrected chi connectivity index (χ3v) is 5.19. The van der Waals surface area contributed by atoms with E-state index < -0.39 is 11.3 Å². The SMILES string of the molecule is CCOc1cc(=O)n(C)cc1-c1cc(CCNS(=O)[O-])ccc1Oc1ccc(Cl)cc1. The Morgan fingerprint density at radius 1 is 1.10 bits per heavy atom. The molecule has 0 aliphatic carbocycles. The highest BCUT2D eigenvalue weighted by Crippen LogP contribution is 2.38. The van der Waals surface area contributed by atoms with E-state index in [0.29, 0.717) is 40.9 Å². The lowest BCUT2D eigenvalue weighted by atomic mass is 10.0. The van der Waals surface area contributed by atoms with Gasteiger partial charge in [-0.05, 0) is 55.3 Å². The van der Waals surface area contributed by atoms with Crippen molar-refractivity contribution in [1.82, 2.24) is 9.29 Å². The average molecular weight is 462 g/mol. The van der Waals surface area contributed by atoms with Gasteiger partial charge in [0.2, 0.25) is 0 Å². The lowest BCUT2D eigenvalue weighted by Gasteiger charge is -2.17. The average Bonchev–Trinajstić information content (AvgIpc) is 2.73. The minimum Gasteiger partial charge on any atom is -0.760 e. The molecule has 0 bridgehead atoms. The third kappa shape index (κ3) is 6.18. The van der Waals surface area contributed by atoms with E-state index in [1.165, 1.54) is 10.6 Å². The molecule has 2 aromatic carbocycles. The maximum Gasteiger partial charge on any atom is 0.254 e. The number of benzene rings is 2. The first kappa shape index (κ1) is 23.0. The second kappa shape index (κ2) is 10.6. The summed E-state index contributed by atoms with van der Waals surface area (Å²) < 4.78 is 37.2. The highest BCUT2D eigenvalue weighted by molar-refractivity contribution is 7.77. The molecule has 1 heterocycles. The maximum atomic E-state index is 12.2. The number of nitrogens with zero attached hydrogens (tertiary/aromatic N) is 1. The second-order valence-corrected chi connectivity index (χ2v) is 7.89. The number of ether oxygens (including phenoxy) is 2. The van der Waals surface area contributed by atoms with Crippen LogP contribution < -0.4 is 19.8 Å². The summed E-state index contributed by atoms with van der Waals surface area (Å²) in [6.45, 7) is 2.50. The fraction of sp³-hybridized carbons (Fsp3) is 0.227. The van der Waals surface area contributed by atoms with E-state index in [1.54, 1.807) is 37.5 Å². The number of aromatic nitrogens is 1. The summed E-state index contributed by atoms with van der Waals surface area (Å²) in [4.78, 5) is 12.2. The Kier molecular flexibility index (Phi) is 7.86. The Labute approximate surface area is 188 Å². The molecule has 1 atom stereocenters. The van der Waals surface area contributed by atoms with Crippen molar-refractivity contribution in [1.29, 1.82) is 0 Å². The van der Waals surface area contributed by atoms with Gasteiger partial charge in [0, 0.05) is 53.3 Å². The minimum atomic E-state index is -2.32. The number of pyridine rings is 1. The van der Waals surface area contributed by atoms with Gasteiger partial charge in [0.05, 0.1) is 6.61 Å². The number of halogens is 1. The van der Waals surface area contributed by atoms with Gasteiger partial charge < -0.3 is 18.6 Å². The van der Waals surface area contributed by atoms with Crippen LogP contribution in [-0.2, 0) is 24.7 Å². The van der Waals surface area contributed by atoms with Crippen molar-refractivity contribution in [3.8, 4) is 28.4 Å². The van der Waals surface area contributed by atoms with Gasteiger partial charge in [0.25, 0.3) is 5.56 Å². The molecule has 7 nitrogen and oxygen atoms in total. The molecule has 1 unspecified atom stereocenters. The molecule has 31 heavy (non-hydrogen) atoms.